The summed E-state index contributed by atoms with van der Waals surface area (Å²) in [5, 5.41) is 24.9. The zero-order valence-electron chi connectivity index (χ0n) is 22.6. The van der Waals surface area contributed by atoms with Crippen molar-refractivity contribution in [1.29, 1.82) is 0 Å². The van der Waals surface area contributed by atoms with Gasteiger partial charge in [0.1, 0.15) is 11.6 Å². The van der Waals surface area contributed by atoms with Crippen molar-refractivity contribution in [3.05, 3.63) is 54.6 Å². The van der Waals surface area contributed by atoms with E-state index < -0.39 is 0 Å². The molecule has 2 aromatic rings. The van der Waals surface area contributed by atoms with Crippen molar-refractivity contribution in [2.45, 2.75) is 64.6 Å². The Bertz CT molecular complexity index is 1160. The number of nitrogens with one attached hydrogen (secondary N) is 1. The molecular formula is C28H41N7O. The molecule has 1 aliphatic rings. The summed E-state index contributed by atoms with van der Waals surface area (Å²) in [6, 6.07) is 11.4. The number of aromatic hydroxyl groups is 1. The maximum Gasteiger partial charge on any atom is 0.125 e. The number of allylic oxidation sites excluding steroid dienone is 1. The van der Waals surface area contributed by atoms with E-state index in [-0.39, 0.29) is 16.8 Å². The highest BCUT2D eigenvalue weighted by molar-refractivity contribution is 6.10. The second-order valence-corrected chi connectivity index (χ2v) is 11.0. The molecule has 6 N–H and O–H groups in total. The first-order valence-electron chi connectivity index (χ1n) is 12.2. The van der Waals surface area contributed by atoms with Crippen LogP contribution >= 0.6 is 0 Å². The first-order chi connectivity index (χ1) is 16.7. The van der Waals surface area contributed by atoms with Gasteiger partial charge < -0.3 is 26.1 Å². The summed E-state index contributed by atoms with van der Waals surface area (Å²) in [4.78, 5) is 2.20. The van der Waals surface area contributed by atoms with Gasteiger partial charge in [0, 0.05) is 36.8 Å². The van der Waals surface area contributed by atoms with E-state index in [9.17, 15) is 5.11 Å². The average Bonchev–Trinajstić information content (AvgIpc) is 2.77. The van der Waals surface area contributed by atoms with Gasteiger partial charge in [-0.15, -0.1) is 10.2 Å². The molecule has 1 aliphatic heterocycles. The van der Waals surface area contributed by atoms with Gasteiger partial charge in [0.05, 0.1) is 17.1 Å². The van der Waals surface area contributed by atoms with E-state index in [4.69, 9.17) is 11.6 Å². The van der Waals surface area contributed by atoms with Gasteiger partial charge in [-0.05, 0) is 88.9 Å². The highest BCUT2D eigenvalue weighted by Gasteiger charge is 2.39. The lowest BCUT2D eigenvalue weighted by Gasteiger charge is -2.49. The molecule has 0 spiro atoms. The molecule has 0 atom stereocenters. The van der Waals surface area contributed by atoms with Gasteiger partial charge in [-0.2, -0.15) is 0 Å². The molecular weight excluding hydrogens is 450 g/mol. The molecule has 3 rings (SSSR count). The van der Waals surface area contributed by atoms with Crippen LogP contribution in [0.2, 0.25) is 0 Å². The molecule has 0 amide bonds. The Balaban J connectivity index is 1.84. The summed E-state index contributed by atoms with van der Waals surface area (Å²) in [5.74, 6) is 6.70. The van der Waals surface area contributed by atoms with Crippen molar-refractivity contribution in [2.24, 2.45) is 16.0 Å². The Hall–Kier alpha value is -3.36. The molecule has 2 aromatic carbocycles. The Morgan fingerprint density at radius 3 is 2.17 bits per heavy atom. The number of phenols is 1. The predicted octanol–water partition coefficient (Wildman–Crippen LogP) is 4.50. The molecule has 0 saturated carbocycles. The molecule has 8 heteroatoms. The summed E-state index contributed by atoms with van der Waals surface area (Å²) >= 11 is 0. The first-order valence-corrected chi connectivity index (χ1v) is 12.2. The van der Waals surface area contributed by atoms with E-state index in [1.165, 1.54) is 5.01 Å². The molecule has 0 unspecified atom stereocenters. The molecule has 1 heterocycles. The van der Waals surface area contributed by atoms with Crippen molar-refractivity contribution in [2.75, 3.05) is 24.8 Å². The molecule has 0 aliphatic carbocycles. The van der Waals surface area contributed by atoms with Gasteiger partial charge in [-0.3, -0.25) is 0 Å². The van der Waals surface area contributed by atoms with E-state index in [0.29, 0.717) is 23.0 Å². The maximum atomic E-state index is 10.8. The average molecular weight is 492 g/mol. The molecule has 194 valence electrons. The summed E-state index contributed by atoms with van der Waals surface area (Å²) in [6.45, 7) is 14.8. The molecule has 0 aromatic heterocycles. The number of anilines is 2. The molecule has 36 heavy (non-hydrogen) atoms. The largest absolute Gasteiger partial charge is 0.507 e. The third-order valence-electron chi connectivity index (χ3n) is 6.74. The summed E-state index contributed by atoms with van der Waals surface area (Å²) in [7, 11) is 3.80. The number of amidine groups is 1. The van der Waals surface area contributed by atoms with Crippen LogP contribution in [0.1, 0.15) is 53.0 Å². The Kier molecular flexibility index (Phi) is 7.81. The number of hydrazine groups is 1. The fraction of sp³-hybridized carbons (Fsp3) is 0.429. The van der Waals surface area contributed by atoms with Crippen LogP contribution in [0.5, 0.6) is 5.75 Å². The Morgan fingerprint density at radius 2 is 1.64 bits per heavy atom. The van der Waals surface area contributed by atoms with Crippen molar-refractivity contribution >= 4 is 22.9 Å². The molecule has 1 saturated heterocycles. The number of hydrogen-bond acceptors (Lipinski definition) is 7. The third kappa shape index (κ3) is 6.25. The van der Waals surface area contributed by atoms with Crippen LogP contribution in [0.15, 0.2) is 59.3 Å². The van der Waals surface area contributed by atoms with Gasteiger partial charge in [0.2, 0.25) is 0 Å². The van der Waals surface area contributed by atoms with E-state index in [2.05, 4.69) is 61.7 Å². The quantitative estimate of drug-likeness (QED) is 0.155. The minimum Gasteiger partial charge on any atom is -0.507 e. The Labute approximate surface area is 215 Å². The SMILES string of the molecule is C=C/C(=N\N=C(/C)N(C)C1CC(C)(C)NC(C)(C)C1)c1ccc(-c2ccc(N(C)N)c(N)c2)cc1O. The normalized spacial score (nSPS) is 18.1. The van der Waals surface area contributed by atoms with Gasteiger partial charge in [0.25, 0.3) is 0 Å². The molecule has 1 fully saturated rings. The van der Waals surface area contributed by atoms with Crippen molar-refractivity contribution in [3.8, 4) is 16.9 Å². The summed E-state index contributed by atoms with van der Waals surface area (Å²) < 4.78 is 0. The van der Waals surface area contributed by atoms with Crippen LogP contribution in [0.4, 0.5) is 11.4 Å². The molecule has 0 bridgehead atoms. The monoisotopic (exact) mass is 491 g/mol. The zero-order chi connectivity index (χ0) is 26.8. The van der Waals surface area contributed by atoms with Crippen molar-refractivity contribution in [1.82, 2.24) is 10.2 Å². The van der Waals surface area contributed by atoms with Gasteiger partial charge in [-0.25, -0.2) is 5.84 Å². The second-order valence-electron chi connectivity index (χ2n) is 11.0. The van der Waals surface area contributed by atoms with E-state index >= 15 is 0 Å². The minimum absolute atomic E-state index is 0.0370. The number of nitrogens with zero attached hydrogens (tertiary/aromatic N) is 4. The van der Waals surface area contributed by atoms with E-state index in [0.717, 1.165) is 35.5 Å². The number of nitrogen functional groups attached to an aromatic ring is 1. The number of hydrogen-bond donors (Lipinski definition) is 4. The number of piperidine rings is 1. The van der Waals surface area contributed by atoms with Crippen LogP contribution in [-0.4, -0.2) is 52.8 Å². The zero-order valence-corrected chi connectivity index (χ0v) is 22.6. The van der Waals surface area contributed by atoms with Crippen LogP contribution < -0.4 is 21.9 Å². The topological polar surface area (TPSA) is 116 Å². The highest BCUT2D eigenvalue weighted by atomic mass is 16.3. The Morgan fingerprint density at radius 1 is 1.06 bits per heavy atom. The van der Waals surface area contributed by atoms with E-state index in [1.54, 1.807) is 19.2 Å². The first kappa shape index (κ1) is 27.2. The number of phenolic OH excluding ortho intramolecular Hbond substituents is 1. The number of benzene rings is 2. The summed E-state index contributed by atoms with van der Waals surface area (Å²) in [5.41, 5.74) is 10.3. The maximum absolute atomic E-state index is 10.8. The molecule has 0 radical (unpaired) electrons. The fourth-order valence-electron chi connectivity index (χ4n) is 5.19. The van der Waals surface area contributed by atoms with Gasteiger partial charge in [-0.1, -0.05) is 18.7 Å². The van der Waals surface area contributed by atoms with Gasteiger partial charge in [0.15, 0.2) is 0 Å². The smallest absolute Gasteiger partial charge is 0.125 e. The van der Waals surface area contributed by atoms with Gasteiger partial charge >= 0.3 is 0 Å². The lowest BCUT2D eigenvalue weighted by atomic mass is 9.79. The number of nitrogens with two attached hydrogens (primary N) is 2. The van der Waals surface area contributed by atoms with Crippen LogP contribution in [0.3, 0.4) is 0 Å². The fourth-order valence-corrected chi connectivity index (χ4v) is 5.19. The van der Waals surface area contributed by atoms with E-state index in [1.807, 2.05) is 37.3 Å². The van der Waals surface area contributed by atoms with Crippen LogP contribution in [0, 0.1) is 0 Å². The lowest BCUT2D eigenvalue weighted by molar-refractivity contribution is 0.113. The lowest BCUT2D eigenvalue weighted by Crippen LogP contribution is -2.62. The van der Waals surface area contributed by atoms with Crippen LogP contribution in [0.25, 0.3) is 11.1 Å². The minimum atomic E-state index is 0.0370. The highest BCUT2D eigenvalue weighted by Crippen LogP contribution is 2.32. The van der Waals surface area contributed by atoms with Crippen molar-refractivity contribution < 1.29 is 5.11 Å². The van der Waals surface area contributed by atoms with Crippen molar-refractivity contribution in [3.63, 3.8) is 0 Å². The number of rotatable bonds is 6. The predicted molar refractivity (Wildman–Crippen MR) is 152 cm³/mol. The molecule has 8 nitrogen and oxygen atoms in total. The van der Waals surface area contributed by atoms with Crippen LogP contribution in [-0.2, 0) is 0 Å². The third-order valence-corrected chi connectivity index (χ3v) is 6.74. The second kappa shape index (κ2) is 10.3. The summed E-state index contributed by atoms with van der Waals surface area (Å²) in [6.07, 6.45) is 3.62. The standard InChI is InChI=1S/C28H41N7O/c1-9-24(32-31-18(2)34(7)21-16-27(3,4)33-28(5,6)17-21)22-12-10-20(15-26(22)36)19-11-13-25(35(8)30)23(29)14-19/h9-15,21,33,36H,1,16-17,29-30H2,2-8H3/b31-18+,32-24+.